The largest absolute Gasteiger partial charge is 0.479 e. The molecule has 2 N–H and O–H groups in total. The number of carboxylic acid groups (broad SMARTS) is 1. The van der Waals surface area contributed by atoms with Crippen molar-refractivity contribution < 1.29 is 18.7 Å². The van der Waals surface area contributed by atoms with E-state index in [1.807, 2.05) is 0 Å². The molecule has 1 unspecified atom stereocenters. The molecule has 0 aliphatic rings. The number of benzene rings is 2. The minimum atomic E-state index is -1.31. The number of hydrogen-bond acceptors (Lipinski definition) is 2. The van der Waals surface area contributed by atoms with Crippen LogP contribution in [0.3, 0.4) is 0 Å². The van der Waals surface area contributed by atoms with Gasteiger partial charge >= 0.3 is 5.97 Å². The van der Waals surface area contributed by atoms with Gasteiger partial charge in [0.1, 0.15) is 11.6 Å². The monoisotopic (exact) mass is 297 g/mol. The predicted molar refractivity (Wildman–Crippen MR) is 71.8 cm³/mol. The minimum absolute atomic E-state index is 0.0325. The van der Waals surface area contributed by atoms with Crippen molar-refractivity contribution in [1.82, 2.24) is 0 Å². The van der Waals surface area contributed by atoms with Crippen LogP contribution in [-0.2, 0) is 4.79 Å². The SMILES string of the molecule is O=C(O)C(Nc1ccccc1Cl)c1cc(F)cc(F)c1. The Bertz CT molecular complexity index is 629. The smallest absolute Gasteiger partial charge is 0.330 e. The van der Waals surface area contributed by atoms with E-state index < -0.39 is 23.6 Å². The summed E-state index contributed by atoms with van der Waals surface area (Å²) in [4.78, 5) is 11.3. The first-order chi connectivity index (χ1) is 9.47. The fourth-order valence-electron chi connectivity index (χ4n) is 1.76. The maximum Gasteiger partial charge on any atom is 0.330 e. The second kappa shape index (κ2) is 5.88. The second-order valence-electron chi connectivity index (χ2n) is 4.10. The third-order valence-electron chi connectivity index (χ3n) is 2.64. The van der Waals surface area contributed by atoms with Crippen molar-refractivity contribution in [1.29, 1.82) is 0 Å². The summed E-state index contributed by atoms with van der Waals surface area (Å²) in [6.45, 7) is 0. The van der Waals surface area contributed by atoms with Gasteiger partial charge in [0.25, 0.3) is 0 Å². The molecule has 2 rings (SSSR count). The fraction of sp³-hybridized carbons (Fsp3) is 0.0714. The molecule has 1 atom stereocenters. The Kier molecular flexibility index (Phi) is 4.20. The summed E-state index contributed by atoms with van der Waals surface area (Å²) in [6.07, 6.45) is 0. The molecule has 0 spiro atoms. The summed E-state index contributed by atoms with van der Waals surface area (Å²) in [5.41, 5.74) is 0.334. The average molecular weight is 298 g/mol. The molecule has 0 aliphatic carbocycles. The molecule has 20 heavy (non-hydrogen) atoms. The highest BCUT2D eigenvalue weighted by Gasteiger charge is 2.21. The number of hydrogen-bond donors (Lipinski definition) is 2. The van der Waals surface area contributed by atoms with Gasteiger partial charge in [-0.15, -0.1) is 0 Å². The van der Waals surface area contributed by atoms with E-state index in [0.29, 0.717) is 16.8 Å². The average Bonchev–Trinajstić information content (AvgIpc) is 2.36. The summed E-state index contributed by atoms with van der Waals surface area (Å²) < 4.78 is 26.4. The van der Waals surface area contributed by atoms with Crippen LogP contribution in [0.25, 0.3) is 0 Å². The van der Waals surface area contributed by atoms with Crippen LogP contribution >= 0.6 is 11.6 Å². The fourth-order valence-corrected chi connectivity index (χ4v) is 1.95. The van der Waals surface area contributed by atoms with Crippen LogP contribution in [0.15, 0.2) is 42.5 Å². The van der Waals surface area contributed by atoms with Crippen molar-refractivity contribution in [2.75, 3.05) is 5.32 Å². The lowest BCUT2D eigenvalue weighted by Gasteiger charge is -2.17. The molecule has 0 saturated carbocycles. The molecule has 0 radical (unpaired) electrons. The number of nitrogens with one attached hydrogen (secondary N) is 1. The number of halogens is 3. The van der Waals surface area contributed by atoms with Gasteiger partial charge in [-0.2, -0.15) is 0 Å². The van der Waals surface area contributed by atoms with Crippen molar-refractivity contribution in [3.63, 3.8) is 0 Å². The van der Waals surface area contributed by atoms with E-state index in [4.69, 9.17) is 11.6 Å². The lowest BCUT2D eigenvalue weighted by atomic mass is 10.1. The third-order valence-corrected chi connectivity index (χ3v) is 2.97. The number of para-hydroxylation sites is 1. The van der Waals surface area contributed by atoms with Crippen LogP contribution in [0.1, 0.15) is 11.6 Å². The van der Waals surface area contributed by atoms with Gasteiger partial charge in [-0.25, -0.2) is 13.6 Å². The van der Waals surface area contributed by atoms with Crippen molar-refractivity contribution >= 4 is 23.3 Å². The number of aliphatic carboxylic acids is 1. The molecule has 0 fully saturated rings. The van der Waals surface area contributed by atoms with Crippen LogP contribution < -0.4 is 5.32 Å². The molecule has 0 aromatic heterocycles. The Balaban J connectivity index is 2.37. The van der Waals surface area contributed by atoms with Crippen molar-refractivity contribution in [3.8, 4) is 0 Å². The van der Waals surface area contributed by atoms with E-state index >= 15 is 0 Å². The molecule has 0 bridgehead atoms. The molecule has 2 aromatic rings. The number of rotatable bonds is 4. The molecule has 0 heterocycles. The van der Waals surface area contributed by atoms with Gasteiger partial charge in [0, 0.05) is 6.07 Å². The van der Waals surface area contributed by atoms with Crippen LogP contribution in [0, 0.1) is 11.6 Å². The normalized spacial score (nSPS) is 11.9. The highest BCUT2D eigenvalue weighted by Crippen LogP contribution is 2.27. The van der Waals surface area contributed by atoms with Gasteiger partial charge in [-0.1, -0.05) is 23.7 Å². The maximum atomic E-state index is 13.2. The van der Waals surface area contributed by atoms with Crippen LogP contribution in [0.5, 0.6) is 0 Å². The molecule has 2 aromatic carbocycles. The van der Waals surface area contributed by atoms with Gasteiger partial charge in [0.15, 0.2) is 6.04 Å². The zero-order chi connectivity index (χ0) is 14.7. The van der Waals surface area contributed by atoms with Crippen LogP contribution in [-0.4, -0.2) is 11.1 Å². The topological polar surface area (TPSA) is 49.3 Å². The Morgan fingerprint density at radius 3 is 2.30 bits per heavy atom. The lowest BCUT2D eigenvalue weighted by molar-refractivity contribution is -0.138. The first kappa shape index (κ1) is 14.3. The standard InChI is InChI=1S/C14H10ClF2NO2/c15-11-3-1-2-4-12(11)18-13(14(19)20)8-5-9(16)7-10(17)6-8/h1-7,13,18H,(H,19,20). The van der Waals surface area contributed by atoms with Crippen molar-refractivity contribution in [2.45, 2.75) is 6.04 Å². The summed E-state index contributed by atoms with van der Waals surface area (Å²) in [7, 11) is 0. The Labute approximate surface area is 118 Å². The van der Waals surface area contributed by atoms with E-state index in [9.17, 15) is 18.7 Å². The number of carboxylic acids is 1. The molecule has 3 nitrogen and oxygen atoms in total. The van der Waals surface area contributed by atoms with E-state index in [2.05, 4.69) is 5.32 Å². The minimum Gasteiger partial charge on any atom is -0.479 e. The molecular formula is C14H10ClF2NO2. The zero-order valence-corrected chi connectivity index (χ0v) is 10.9. The third kappa shape index (κ3) is 3.24. The number of anilines is 1. The molecular weight excluding hydrogens is 288 g/mol. The van der Waals surface area contributed by atoms with Crippen LogP contribution in [0.2, 0.25) is 5.02 Å². The van der Waals surface area contributed by atoms with Gasteiger partial charge in [-0.3, -0.25) is 0 Å². The van der Waals surface area contributed by atoms with Crippen LogP contribution in [0.4, 0.5) is 14.5 Å². The molecule has 0 aliphatic heterocycles. The Hall–Kier alpha value is -2.14. The molecule has 104 valence electrons. The molecule has 0 amide bonds. The summed E-state index contributed by atoms with van der Waals surface area (Å²) in [5, 5.41) is 12.2. The van der Waals surface area contributed by atoms with Crippen molar-refractivity contribution in [2.24, 2.45) is 0 Å². The van der Waals surface area contributed by atoms with E-state index in [-0.39, 0.29) is 5.56 Å². The Morgan fingerprint density at radius 1 is 1.15 bits per heavy atom. The van der Waals surface area contributed by atoms with E-state index in [1.165, 1.54) is 0 Å². The number of carbonyl (C=O) groups is 1. The van der Waals surface area contributed by atoms with Gasteiger partial charge in [-0.05, 0) is 29.8 Å². The van der Waals surface area contributed by atoms with E-state index in [0.717, 1.165) is 12.1 Å². The quantitative estimate of drug-likeness (QED) is 0.901. The lowest BCUT2D eigenvalue weighted by Crippen LogP contribution is -2.21. The summed E-state index contributed by atoms with van der Waals surface area (Å²) in [5.74, 6) is -2.95. The van der Waals surface area contributed by atoms with Gasteiger partial charge in [0.2, 0.25) is 0 Å². The van der Waals surface area contributed by atoms with Gasteiger partial charge in [0.05, 0.1) is 10.7 Å². The highest BCUT2D eigenvalue weighted by atomic mass is 35.5. The predicted octanol–water partition coefficient (Wildman–Crippen LogP) is 3.86. The molecule has 6 heteroatoms. The second-order valence-corrected chi connectivity index (χ2v) is 4.51. The van der Waals surface area contributed by atoms with E-state index in [1.54, 1.807) is 24.3 Å². The molecule has 0 saturated heterocycles. The maximum absolute atomic E-state index is 13.2. The summed E-state index contributed by atoms with van der Waals surface area (Å²) >= 11 is 5.92. The van der Waals surface area contributed by atoms with Gasteiger partial charge < -0.3 is 10.4 Å². The zero-order valence-electron chi connectivity index (χ0n) is 10.1. The Morgan fingerprint density at radius 2 is 1.75 bits per heavy atom. The highest BCUT2D eigenvalue weighted by molar-refractivity contribution is 6.33. The first-order valence-electron chi connectivity index (χ1n) is 5.67. The van der Waals surface area contributed by atoms with Crippen molar-refractivity contribution in [3.05, 3.63) is 64.7 Å². The first-order valence-corrected chi connectivity index (χ1v) is 6.05. The summed E-state index contributed by atoms with van der Waals surface area (Å²) in [6, 6.07) is 7.81.